The molecule has 0 N–H and O–H groups in total. The first kappa shape index (κ1) is 17.2. The van der Waals surface area contributed by atoms with E-state index in [1.165, 1.54) is 0 Å². The van der Waals surface area contributed by atoms with E-state index in [4.69, 9.17) is 4.74 Å². The molecule has 1 fully saturated rings. The second-order valence-electron chi connectivity index (χ2n) is 6.53. The SMILES string of the molecule is CCc1ccccc1N1C[C@H](C(=O)Oc2c(C)cccc2C)CC1=O. The Kier molecular flexibility index (Phi) is 4.88. The Labute approximate surface area is 148 Å². The van der Waals surface area contributed by atoms with Crippen LogP contribution in [0.3, 0.4) is 0 Å². The lowest BCUT2D eigenvalue weighted by molar-refractivity contribution is -0.139. The number of carbonyl (C=O) groups is 2. The molecule has 1 amide bonds. The van der Waals surface area contributed by atoms with Crippen molar-refractivity contribution < 1.29 is 14.3 Å². The van der Waals surface area contributed by atoms with Crippen LogP contribution in [0.5, 0.6) is 5.75 Å². The summed E-state index contributed by atoms with van der Waals surface area (Å²) in [6, 6.07) is 13.6. The molecule has 1 saturated heterocycles. The Morgan fingerprint density at radius 3 is 2.48 bits per heavy atom. The van der Waals surface area contributed by atoms with Gasteiger partial charge in [0.15, 0.2) is 0 Å². The number of hydrogen-bond donors (Lipinski definition) is 0. The second kappa shape index (κ2) is 7.09. The van der Waals surface area contributed by atoms with Crippen molar-refractivity contribution in [3.05, 3.63) is 59.2 Å². The van der Waals surface area contributed by atoms with Crippen LogP contribution in [0.25, 0.3) is 0 Å². The number of rotatable bonds is 4. The molecule has 0 unspecified atom stereocenters. The van der Waals surface area contributed by atoms with Crippen LogP contribution in [0, 0.1) is 19.8 Å². The van der Waals surface area contributed by atoms with Crippen molar-refractivity contribution in [2.45, 2.75) is 33.6 Å². The third-order valence-corrected chi connectivity index (χ3v) is 4.73. The number of ether oxygens (including phenoxy) is 1. The fourth-order valence-electron chi connectivity index (χ4n) is 3.32. The van der Waals surface area contributed by atoms with Crippen LogP contribution in [0.2, 0.25) is 0 Å². The molecule has 1 aliphatic heterocycles. The lowest BCUT2D eigenvalue weighted by atomic mass is 10.1. The minimum Gasteiger partial charge on any atom is -0.426 e. The molecule has 2 aromatic carbocycles. The molecule has 2 aromatic rings. The van der Waals surface area contributed by atoms with E-state index in [1.54, 1.807) is 4.90 Å². The van der Waals surface area contributed by atoms with Crippen molar-refractivity contribution in [1.82, 2.24) is 0 Å². The summed E-state index contributed by atoms with van der Waals surface area (Å²) in [7, 11) is 0. The van der Waals surface area contributed by atoms with E-state index >= 15 is 0 Å². The predicted octanol–water partition coefficient (Wildman–Crippen LogP) is 3.82. The van der Waals surface area contributed by atoms with Gasteiger partial charge in [0, 0.05) is 18.7 Å². The summed E-state index contributed by atoms with van der Waals surface area (Å²) in [6.45, 7) is 6.27. The highest BCUT2D eigenvalue weighted by Crippen LogP contribution is 2.30. The average molecular weight is 337 g/mol. The average Bonchev–Trinajstić information content (AvgIpc) is 3.00. The minimum atomic E-state index is -0.434. The predicted molar refractivity (Wildman–Crippen MR) is 97.8 cm³/mol. The van der Waals surface area contributed by atoms with Crippen molar-refractivity contribution in [2.24, 2.45) is 5.92 Å². The zero-order chi connectivity index (χ0) is 18.0. The topological polar surface area (TPSA) is 46.6 Å². The van der Waals surface area contributed by atoms with E-state index in [-0.39, 0.29) is 18.3 Å². The molecule has 25 heavy (non-hydrogen) atoms. The summed E-state index contributed by atoms with van der Waals surface area (Å²) < 4.78 is 5.63. The standard InChI is InChI=1S/C21H23NO3/c1-4-16-10-5-6-11-18(16)22-13-17(12-19(22)23)21(24)25-20-14(2)8-7-9-15(20)3/h5-11,17H,4,12-13H2,1-3H3/t17-/m1/s1. The smallest absolute Gasteiger partial charge is 0.316 e. The Morgan fingerprint density at radius 1 is 1.12 bits per heavy atom. The van der Waals surface area contributed by atoms with E-state index in [0.717, 1.165) is 28.8 Å². The van der Waals surface area contributed by atoms with Crippen LogP contribution >= 0.6 is 0 Å². The first-order valence-electron chi connectivity index (χ1n) is 8.67. The first-order valence-corrected chi connectivity index (χ1v) is 8.67. The number of aryl methyl sites for hydroxylation is 3. The van der Waals surface area contributed by atoms with Crippen molar-refractivity contribution >= 4 is 17.6 Å². The molecule has 0 bridgehead atoms. The molecule has 4 heteroatoms. The summed E-state index contributed by atoms with van der Waals surface area (Å²) in [5, 5.41) is 0. The summed E-state index contributed by atoms with van der Waals surface area (Å²) in [5.74, 6) is -0.185. The largest absolute Gasteiger partial charge is 0.426 e. The lowest BCUT2D eigenvalue weighted by Gasteiger charge is -2.20. The van der Waals surface area contributed by atoms with E-state index in [0.29, 0.717) is 12.3 Å². The Hall–Kier alpha value is -2.62. The van der Waals surface area contributed by atoms with E-state index in [9.17, 15) is 9.59 Å². The third kappa shape index (κ3) is 3.43. The van der Waals surface area contributed by atoms with Gasteiger partial charge in [-0.05, 0) is 43.0 Å². The highest BCUT2D eigenvalue weighted by Gasteiger charge is 2.37. The van der Waals surface area contributed by atoms with Crippen LogP contribution in [0.4, 0.5) is 5.69 Å². The van der Waals surface area contributed by atoms with E-state index in [2.05, 4.69) is 6.92 Å². The minimum absolute atomic E-state index is 0.0237. The molecule has 0 saturated carbocycles. The van der Waals surface area contributed by atoms with Gasteiger partial charge in [0.1, 0.15) is 5.75 Å². The highest BCUT2D eigenvalue weighted by atomic mass is 16.5. The van der Waals surface area contributed by atoms with E-state index < -0.39 is 5.92 Å². The van der Waals surface area contributed by atoms with Gasteiger partial charge in [-0.1, -0.05) is 43.3 Å². The van der Waals surface area contributed by atoms with Crippen molar-refractivity contribution in [3.63, 3.8) is 0 Å². The highest BCUT2D eigenvalue weighted by molar-refractivity contribution is 6.00. The Balaban J connectivity index is 1.77. The number of hydrogen-bond acceptors (Lipinski definition) is 3. The number of anilines is 1. The van der Waals surface area contributed by atoms with Gasteiger partial charge in [0.25, 0.3) is 0 Å². The van der Waals surface area contributed by atoms with Crippen molar-refractivity contribution in [2.75, 3.05) is 11.4 Å². The molecule has 1 atom stereocenters. The van der Waals surface area contributed by atoms with Crippen molar-refractivity contribution in [1.29, 1.82) is 0 Å². The van der Waals surface area contributed by atoms with Gasteiger partial charge in [-0.25, -0.2) is 0 Å². The fourth-order valence-corrected chi connectivity index (χ4v) is 3.32. The zero-order valence-electron chi connectivity index (χ0n) is 14.9. The normalized spacial score (nSPS) is 17.0. The monoisotopic (exact) mass is 337 g/mol. The quantitative estimate of drug-likeness (QED) is 0.629. The molecular weight excluding hydrogens is 314 g/mol. The molecule has 4 nitrogen and oxygen atoms in total. The van der Waals surface area contributed by atoms with Crippen LogP contribution in [0.1, 0.15) is 30.0 Å². The van der Waals surface area contributed by atoms with Crippen molar-refractivity contribution in [3.8, 4) is 5.75 Å². The van der Waals surface area contributed by atoms with Gasteiger partial charge in [-0.2, -0.15) is 0 Å². The second-order valence-corrected chi connectivity index (χ2v) is 6.53. The molecule has 0 aliphatic carbocycles. The van der Waals surface area contributed by atoms with Crippen LogP contribution in [-0.2, 0) is 16.0 Å². The van der Waals surface area contributed by atoms with Gasteiger partial charge < -0.3 is 9.64 Å². The summed E-state index contributed by atoms with van der Waals surface area (Å²) in [5.41, 5.74) is 3.86. The molecule has 3 rings (SSSR count). The lowest BCUT2D eigenvalue weighted by Crippen LogP contribution is -2.28. The molecule has 0 spiro atoms. The van der Waals surface area contributed by atoms with E-state index in [1.807, 2.05) is 56.3 Å². The summed E-state index contributed by atoms with van der Waals surface area (Å²) in [6.07, 6.45) is 1.04. The molecule has 0 radical (unpaired) electrons. The summed E-state index contributed by atoms with van der Waals surface area (Å²) in [4.78, 5) is 26.8. The number of nitrogens with zero attached hydrogens (tertiary/aromatic N) is 1. The number of esters is 1. The van der Waals surface area contributed by atoms with Gasteiger partial charge in [-0.15, -0.1) is 0 Å². The van der Waals surface area contributed by atoms with Gasteiger partial charge >= 0.3 is 5.97 Å². The van der Waals surface area contributed by atoms with Gasteiger partial charge in [0.05, 0.1) is 5.92 Å². The molecule has 0 aromatic heterocycles. The number of amides is 1. The maximum atomic E-state index is 12.6. The molecule has 1 aliphatic rings. The van der Waals surface area contributed by atoms with Gasteiger partial charge in [0.2, 0.25) is 5.91 Å². The third-order valence-electron chi connectivity index (χ3n) is 4.73. The molecule has 130 valence electrons. The van der Waals surface area contributed by atoms with Gasteiger partial charge in [-0.3, -0.25) is 9.59 Å². The maximum absolute atomic E-state index is 12.6. The molecule has 1 heterocycles. The number of carbonyl (C=O) groups excluding carboxylic acids is 2. The maximum Gasteiger partial charge on any atom is 0.316 e. The van der Waals surface area contributed by atoms with Crippen LogP contribution in [-0.4, -0.2) is 18.4 Å². The van der Waals surface area contributed by atoms with Crippen LogP contribution < -0.4 is 9.64 Å². The Morgan fingerprint density at radius 2 is 1.80 bits per heavy atom. The number of benzene rings is 2. The van der Waals surface area contributed by atoms with Crippen LogP contribution in [0.15, 0.2) is 42.5 Å². The summed E-state index contributed by atoms with van der Waals surface area (Å²) >= 11 is 0. The first-order chi connectivity index (χ1) is 12.0. The number of para-hydroxylation sites is 2. The fraction of sp³-hybridized carbons (Fsp3) is 0.333. The Bertz CT molecular complexity index is 792. The zero-order valence-corrected chi connectivity index (χ0v) is 14.9. The molecular formula is C21H23NO3.